The summed E-state index contributed by atoms with van der Waals surface area (Å²) in [6, 6.07) is 9.81. The molecule has 0 aliphatic heterocycles. The molecule has 2 aliphatic rings. The molecule has 1 aromatic carbocycles. The van der Waals surface area contributed by atoms with E-state index in [4.69, 9.17) is 5.73 Å². The molecule has 1 aromatic rings. The van der Waals surface area contributed by atoms with Crippen LogP contribution in [0.2, 0.25) is 0 Å². The molecule has 0 aromatic heterocycles. The topological polar surface area (TPSA) is 26.0 Å². The molecule has 3 atom stereocenters. The Morgan fingerprint density at radius 3 is 2.26 bits per heavy atom. The van der Waals surface area contributed by atoms with E-state index in [9.17, 15) is 0 Å². The highest BCUT2D eigenvalue weighted by molar-refractivity contribution is 5.30. The normalized spacial score (nSPS) is 32.0. The molecule has 0 bridgehead atoms. The molecule has 3 rings (SSSR count). The Balaban J connectivity index is 1.72. The fourth-order valence-corrected chi connectivity index (χ4v) is 3.79. The lowest BCUT2D eigenvalue weighted by atomic mass is 9.73. The lowest BCUT2D eigenvalue weighted by Crippen LogP contribution is -2.34. The first-order chi connectivity index (χ1) is 9.28. The van der Waals surface area contributed by atoms with Crippen molar-refractivity contribution >= 4 is 0 Å². The summed E-state index contributed by atoms with van der Waals surface area (Å²) >= 11 is 0. The van der Waals surface area contributed by atoms with Crippen LogP contribution in [0.4, 0.5) is 0 Å². The van der Waals surface area contributed by atoms with Crippen molar-refractivity contribution in [2.75, 3.05) is 0 Å². The fraction of sp³-hybridized carbons (Fsp3) is 0.667. The van der Waals surface area contributed by atoms with Crippen LogP contribution in [0.3, 0.4) is 0 Å². The van der Waals surface area contributed by atoms with Gasteiger partial charge in [0, 0.05) is 6.04 Å². The molecule has 2 fully saturated rings. The summed E-state index contributed by atoms with van der Waals surface area (Å²) in [5.41, 5.74) is 9.39. The minimum atomic E-state index is 0.373. The van der Waals surface area contributed by atoms with E-state index in [0.717, 1.165) is 11.8 Å². The summed E-state index contributed by atoms with van der Waals surface area (Å²) in [6.45, 7) is 2.32. The van der Waals surface area contributed by atoms with Gasteiger partial charge in [-0.3, -0.25) is 0 Å². The van der Waals surface area contributed by atoms with Crippen LogP contribution in [0.1, 0.15) is 74.8 Å². The van der Waals surface area contributed by atoms with Crippen LogP contribution >= 0.6 is 0 Å². The summed E-state index contributed by atoms with van der Waals surface area (Å²) < 4.78 is 0. The van der Waals surface area contributed by atoms with Crippen molar-refractivity contribution in [3.63, 3.8) is 0 Å². The van der Waals surface area contributed by atoms with Crippen LogP contribution in [0.15, 0.2) is 24.3 Å². The Hall–Kier alpha value is -0.820. The van der Waals surface area contributed by atoms with Gasteiger partial charge in [-0.2, -0.15) is 0 Å². The van der Waals surface area contributed by atoms with Crippen molar-refractivity contribution in [3.8, 4) is 0 Å². The molecule has 19 heavy (non-hydrogen) atoms. The molecule has 0 heterocycles. The second-order valence-electron chi connectivity index (χ2n) is 6.65. The lowest BCUT2D eigenvalue weighted by Gasteiger charge is -2.34. The Bertz CT molecular complexity index is 404. The first-order valence-electron chi connectivity index (χ1n) is 8.13. The van der Waals surface area contributed by atoms with Gasteiger partial charge < -0.3 is 5.73 Å². The largest absolute Gasteiger partial charge is 0.327 e. The van der Waals surface area contributed by atoms with E-state index in [1.165, 1.54) is 50.5 Å². The van der Waals surface area contributed by atoms with Gasteiger partial charge in [-0.05, 0) is 61.0 Å². The van der Waals surface area contributed by atoms with Crippen molar-refractivity contribution in [1.82, 2.24) is 0 Å². The molecule has 2 N–H and O–H groups in total. The second-order valence-corrected chi connectivity index (χ2v) is 6.65. The van der Waals surface area contributed by atoms with Crippen LogP contribution < -0.4 is 5.73 Å². The lowest BCUT2D eigenvalue weighted by molar-refractivity contribution is 0.282. The monoisotopic (exact) mass is 257 g/mol. The van der Waals surface area contributed by atoms with Gasteiger partial charge in [0.15, 0.2) is 0 Å². The molecule has 0 spiro atoms. The van der Waals surface area contributed by atoms with Crippen LogP contribution in [0.25, 0.3) is 0 Å². The highest BCUT2D eigenvalue weighted by Crippen LogP contribution is 2.39. The fourth-order valence-electron chi connectivity index (χ4n) is 3.79. The number of benzene rings is 1. The zero-order valence-corrected chi connectivity index (χ0v) is 12.1. The quantitative estimate of drug-likeness (QED) is 0.843. The number of nitrogens with two attached hydrogens (primary N) is 1. The first-order valence-corrected chi connectivity index (χ1v) is 8.13. The van der Waals surface area contributed by atoms with Gasteiger partial charge in [-0.25, -0.2) is 0 Å². The Morgan fingerprint density at radius 2 is 1.68 bits per heavy atom. The highest BCUT2D eigenvalue weighted by Gasteiger charge is 2.28. The predicted molar refractivity (Wildman–Crippen MR) is 81.4 cm³/mol. The minimum Gasteiger partial charge on any atom is -0.327 e. The van der Waals surface area contributed by atoms with Crippen molar-refractivity contribution < 1.29 is 0 Å². The number of rotatable bonds is 3. The SMILES string of the molecule is CCC1CCC(N)C(c2ccc(C3CCC3)cc2)C1. The van der Waals surface area contributed by atoms with Gasteiger partial charge in [0.05, 0.1) is 0 Å². The van der Waals surface area contributed by atoms with Gasteiger partial charge in [0.1, 0.15) is 0 Å². The van der Waals surface area contributed by atoms with E-state index in [1.54, 1.807) is 5.56 Å². The average molecular weight is 257 g/mol. The van der Waals surface area contributed by atoms with Gasteiger partial charge in [-0.1, -0.05) is 44.0 Å². The standard InChI is InChI=1S/C18H27N/c1-2-13-6-11-18(19)17(12-13)16-9-7-15(8-10-16)14-4-3-5-14/h7-10,13-14,17-18H,2-6,11-12,19H2,1H3. The summed E-state index contributed by atoms with van der Waals surface area (Å²) in [5.74, 6) is 2.32. The van der Waals surface area contributed by atoms with Crippen molar-refractivity contribution in [3.05, 3.63) is 35.4 Å². The average Bonchev–Trinajstić information content (AvgIpc) is 2.38. The Labute approximate surface area is 117 Å². The van der Waals surface area contributed by atoms with E-state index in [0.29, 0.717) is 12.0 Å². The van der Waals surface area contributed by atoms with E-state index >= 15 is 0 Å². The number of hydrogen-bond acceptors (Lipinski definition) is 1. The molecule has 0 saturated heterocycles. The first kappa shape index (κ1) is 13.2. The summed E-state index contributed by atoms with van der Waals surface area (Å²) in [6.07, 6.45) is 9.32. The molecular weight excluding hydrogens is 230 g/mol. The molecule has 0 radical (unpaired) electrons. The third-order valence-electron chi connectivity index (χ3n) is 5.53. The van der Waals surface area contributed by atoms with Crippen molar-refractivity contribution in [1.29, 1.82) is 0 Å². The summed E-state index contributed by atoms with van der Waals surface area (Å²) in [7, 11) is 0. The smallest absolute Gasteiger partial charge is 0.0108 e. The molecule has 1 heteroatoms. The minimum absolute atomic E-state index is 0.373. The molecule has 0 amide bonds. The molecule has 3 unspecified atom stereocenters. The van der Waals surface area contributed by atoms with E-state index in [2.05, 4.69) is 31.2 Å². The second kappa shape index (κ2) is 5.66. The summed E-state index contributed by atoms with van der Waals surface area (Å²) in [4.78, 5) is 0. The maximum absolute atomic E-state index is 6.36. The van der Waals surface area contributed by atoms with E-state index in [1.807, 2.05) is 0 Å². The van der Waals surface area contributed by atoms with Crippen LogP contribution in [0.5, 0.6) is 0 Å². The van der Waals surface area contributed by atoms with Crippen molar-refractivity contribution in [2.24, 2.45) is 11.7 Å². The van der Waals surface area contributed by atoms with Crippen LogP contribution in [-0.2, 0) is 0 Å². The third kappa shape index (κ3) is 2.72. The van der Waals surface area contributed by atoms with Crippen LogP contribution in [0, 0.1) is 5.92 Å². The molecule has 2 aliphatic carbocycles. The zero-order valence-electron chi connectivity index (χ0n) is 12.1. The van der Waals surface area contributed by atoms with Gasteiger partial charge in [0.25, 0.3) is 0 Å². The van der Waals surface area contributed by atoms with Crippen molar-refractivity contribution in [2.45, 2.75) is 69.7 Å². The van der Waals surface area contributed by atoms with Crippen LogP contribution in [-0.4, -0.2) is 6.04 Å². The maximum Gasteiger partial charge on any atom is 0.0108 e. The Morgan fingerprint density at radius 1 is 1.00 bits per heavy atom. The molecular formula is C18H27N. The van der Waals surface area contributed by atoms with Gasteiger partial charge >= 0.3 is 0 Å². The predicted octanol–water partition coefficient (Wildman–Crippen LogP) is 4.58. The third-order valence-corrected chi connectivity index (χ3v) is 5.53. The zero-order chi connectivity index (χ0) is 13.2. The summed E-state index contributed by atoms with van der Waals surface area (Å²) in [5, 5.41) is 0. The van der Waals surface area contributed by atoms with E-state index in [-0.39, 0.29) is 0 Å². The molecule has 104 valence electrons. The maximum atomic E-state index is 6.36. The molecule has 2 saturated carbocycles. The Kier molecular flexibility index (Phi) is 3.93. The van der Waals surface area contributed by atoms with E-state index < -0.39 is 0 Å². The molecule has 1 nitrogen and oxygen atoms in total. The van der Waals surface area contributed by atoms with Gasteiger partial charge in [-0.15, -0.1) is 0 Å². The van der Waals surface area contributed by atoms with Gasteiger partial charge in [0.2, 0.25) is 0 Å². The number of hydrogen-bond donors (Lipinski definition) is 1. The highest BCUT2D eigenvalue weighted by atomic mass is 14.7.